The molecule has 0 spiro atoms. The molecule has 1 aromatic heterocycles. The molecule has 3 nitrogen and oxygen atoms in total. The molecular weight excluding hydrogens is 374 g/mol. The molecule has 8 heteroatoms. The van der Waals surface area contributed by atoms with Crippen molar-refractivity contribution in [2.24, 2.45) is 5.41 Å². The van der Waals surface area contributed by atoms with Gasteiger partial charge in [-0.3, -0.25) is 4.68 Å². The van der Waals surface area contributed by atoms with Crippen molar-refractivity contribution in [3.05, 3.63) is 51.8 Å². The van der Waals surface area contributed by atoms with E-state index in [4.69, 9.17) is 23.2 Å². The lowest BCUT2D eigenvalue weighted by Gasteiger charge is -2.32. The van der Waals surface area contributed by atoms with E-state index in [1.165, 1.54) is 10.9 Å². The van der Waals surface area contributed by atoms with Gasteiger partial charge < -0.3 is 5.32 Å². The lowest BCUT2D eigenvalue weighted by Crippen LogP contribution is -2.41. The summed E-state index contributed by atoms with van der Waals surface area (Å²) in [6, 6.07) is 6.68. The molecule has 134 valence electrons. The molecule has 2 aliphatic rings. The Hall–Kier alpha value is -1.24. The third kappa shape index (κ3) is 2.75. The zero-order valence-electron chi connectivity index (χ0n) is 13.2. The van der Waals surface area contributed by atoms with Crippen molar-refractivity contribution in [3.63, 3.8) is 0 Å². The van der Waals surface area contributed by atoms with Crippen molar-refractivity contribution in [1.29, 1.82) is 0 Å². The Bertz CT molecular complexity index is 820. The molecule has 2 heterocycles. The maximum absolute atomic E-state index is 12.8. The summed E-state index contributed by atoms with van der Waals surface area (Å²) in [4.78, 5) is 0. The van der Waals surface area contributed by atoms with E-state index in [0.717, 1.165) is 37.6 Å². The molecule has 1 saturated carbocycles. The Labute approximate surface area is 153 Å². The van der Waals surface area contributed by atoms with Crippen LogP contribution in [0.4, 0.5) is 13.2 Å². The Morgan fingerprint density at radius 2 is 2.00 bits per heavy atom. The van der Waals surface area contributed by atoms with Gasteiger partial charge in [0.05, 0.1) is 10.0 Å². The average Bonchev–Trinajstić information content (AvgIpc) is 2.98. The first-order valence-electron chi connectivity index (χ1n) is 8.03. The van der Waals surface area contributed by atoms with Gasteiger partial charge >= 0.3 is 6.18 Å². The van der Waals surface area contributed by atoms with Gasteiger partial charge in [-0.05, 0) is 43.1 Å². The standard InChI is InChI=1S/C17H16Cl2F3N3/c18-12-2-1-11(7-13(12)19)16-4-5-23-9-15(16,8-16)10-25-6-3-14(24-25)17(20,21)22/h1-3,6-7,23H,4-5,8-10H2/t15-,16-/m1/s1. The zero-order valence-corrected chi connectivity index (χ0v) is 14.7. The summed E-state index contributed by atoms with van der Waals surface area (Å²) in [7, 11) is 0. The second-order valence-electron chi connectivity index (χ2n) is 6.99. The Morgan fingerprint density at radius 3 is 2.68 bits per heavy atom. The van der Waals surface area contributed by atoms with Crippen LogP contribution in [-0.4, -0.2) is 22.9 Å². The Balaban J connectivity index is 1.64. The van der Waals surface area contributed by atoms with E-state index in [-0.39, 0.29) is 10.8 Å². The molecule has 2 atom stereocenters. The molecule has 25 heavy (non-hydrogen) atoms. The van der Waals surface area contributed by atoms with E-state index in [1.54, 1.807) is 6.07 Å². The molecule has 2 aromatic rings. The van der Waals surface area contributed by atoms with Crippen LogP contribution < -0.4 is 5.32 Å². The van der Waals surface area contributed by atoms with Crippen molar-refractivity contribution in [3.8, 4) is 0 Å². The van der Waals surface area contributed by atoms with E-state index in [2.05, 4.69) is 10.4 Å². The topological polar surface area (TPSA) is 29.9 Å². The fourth-order valence-electron chi connectivity index (χ4n) is 4.27. The molecule has 1 saturated heterocycles. The highest BCUT2D eigenvalue weighted by Crippen LogP contribution is 2.68. The maximum Gasteiger partial charge on any atom is 0.435 e. The summed E-state index contributed by atoms with van der Waals surface area (Å²) in [6.45, 7) is 2.06. The van der Waals surface area contributed by atoms with E-state index in [1.807, 2.05) is 12.1 Å². The number of piperidine rings is 1. The second-order valence-corrected chi connectivity index (χ2v) is 7.81. The smallest absolute Gasteiger partial charge is 0.316 e. The van der Waals surface area contributed by atoms with Crippen molar-refractivity contribution in [2.45, 2.75) is 31.0 Å². The molecule has 0 bridgehead atoms. The number of hydrogen-bond donors (Lipinski definition) is 1. The SMILES string of the molecule is FC(F)(F)c1ccn(C[C@@]23CNCC[C@]2(c2ccc(Cl)c(Cl)c2)C3)n1. The van der Waals surface area contributed by atoms with Crippen LogP contribution in [-0.2, 0) is 18.1 Å². The van der Waals surface area contributed by atoms with E-state index in [0.29, 0.717) is 16.6 Å². The summed E-state index contributed by atoms with van der Waals surface area (Å²) < 4.78 is 39.8. The number of alkyl halides is 3. The van der Waals surface area contributed by atoms with Crippen LogP contribution in [0.25, 0.3) is 0 Å². The fraction of sp³-hybridized carbons (Fsp3) is 0.471. The van der Waals surface area contributed by atoms with Gasteiger partial charge in [0.15, 0.2) is 5.69 Å². The van der Waals surface area contributed by atoms with Gasteiger partial charge in [0.25, 0.3) is 0 Å². The molecule has 4 rings (SSSR count). The number of fused-ring (bicyclic) bond motifs is 1. The first-order valence-corrected chi connectivity index (χ1v) is 8.78. The van der Waals surface area contributed by atoms with Gasteiger partial charge in [0.2, 0.25) is 0 Å². The number of aromatic nitrogens is 2. The van der Waals surface area contributed by atoms with Gasteiger partial charge in [-0.25, -0.2) is 0 Å². The maximum atomic E-state index is 12.8. The first-order chi connectivity index (χ1) is 11.8. The quantitative estimate of drug-likeness (QED) is 0.835. The van der Waals surface area contributed by atoms with Gasteiger partial charge in [0.1, 0.15) is 0 Å². The van der Waals surface area contributed by atoms with E-state index < -0.39 is 11.9 Å². The first kappa shape index (κ1) is 17.2. The van der Waals surface area contributed by atoms with Crippen molar-refractivity contribution < 1.29 is 13.2 Å². The highest BCUT2D eigenvalue weighted by molar-refractivity contribution is 6.42. The van der Waals surface area contributed by atoms with Crippen molar-refractivity contribution in [2.75, 3.05) is 13.1 Å². The number of rotatable bonds is 3. The molecule has 0 radical (unpaired) electrons. The second kappa shape index (κ2) is 5.63. The fourth-order valence-corrected chi connectivity index (χ4v) is 4.57. The summed E-state index contributed by atoms with van der Waals surface area (Å²) in [5.74, 6) is 0. The normalized spacial score (nSPS) is 28.7. The number of hydrogen-bond acceptors (Lipinski definition) is 2. The molecular formula is C17H16Cl2F3N3. The largest absolute Gasteiger partial charge is 0.435 e. The Morgan fingerprint density at radius 1 is 1.20 bits per heavy atom. The highest BCUT2D eigenvalue weighted by atomic mass is 35.5. The van der Waals surface area contributed by atoms with Crippen LogP contribution in [0.5, 0.6) is 0 Å². The Kier molecular flexibility index (Phi) is 3.87. The van der Waals surface area contributed by atoms with Crippen LogP contribution in [0, 0.1) is 5.41 Å². The van der Waals surface area contributed by atoms with Crippen LogP contribution in [0.15, 0.2) is 30.5 Å². The molecule has 2 fully saturated rings. The number of nitrogens with one attached hydrogen (secondary N) is 1. The van der Waals surface area contributed by atoms with Crippen LogP contribution in [0.1, 0.15) is 24.1 Å². The third-order valence-electron chi connectivity index (χ3n) is 5.59. The van der Waals surface area contributed by atoms with E-state index in [9.17, 15) is 13.2 Å². The summed E-state index contributed by atoms with van der Waals surface area (Å²) in [6.07, 6.45) is -1.20. The molecule has 1 aliphatic carbocycles. The minimum absolute atomic E-state index is 0.0865. The van der Waals surface area contributed by atoms with Crippen molar-refractivity contribution >= 4 is 23.2 Å². The predicted octanol–water partition coefficient (Wildman–Crippen LogP) is 4.53. The van der Waals surface area contributed by atoms with Gasteiger partial charge in [-0.15, -0.1) is 0 Å². The van der Waals surface area contributed by atoms with E-state index >= 15 is 0 Å². The minimum atomic E-state index is -4.42. The summed E-state index contributed by atoms with van der Waals surface area (Å²) >= 11 is 12.2. The summed E-state index contributed by atoms with van der Waals surface area (Å²) in [5.41, 5.74) is 0.00811. The highest BCUT2D eigenvalue weighted by Gasteiger charge is 2.68. The van der Waals surface area contributed by atoms with Crippen LogP contribution in [0.3, 0.4) is 0 Å². The average molecular weight is 390 g/mol. The number of benzene rings is 1. The van der Waals surface area contributed by atoms with Crippen molar-refractivity contribution in [1.82, 2.24) is 15.1 Å². The zero-order chi connectivity index (χ0) is 17.9. The number of halogens is 5. The number of nitrogens with zero attached hydrogens (tertiary/aromatic N) is 2. The lowest BCUT2D eigenvalue weighted by atomic mass is 9.81. The third-order valence-corrected chi connectivity index (χ3v) is 6.33. The summed E-state index contributed by atoms with van der Waals surface area (Å²) in [5, 5.41) is 8.10. The van der Waals surface area contributed by atoms with Gasteiger partial charge in [0, 0.05) is 30.1 Å². The van der Waals surface area contributed by atoms with Gasteiger partial charge in [-0.1, -0.05) is 29.3 Å². The predicted molar refractivity (Wildman–Crippen MR) is 89.9 cm³/mol. The molecule has 1 aliphatic heterocycles. The molecule has 0 unspecified atom stereocenters. The monoisotopic (exact) mass is 389 g/mol. The minimum Gasteiger partial charge on any atom is -0.316 e. The lowest BCUT2D eigenvalue weighted by molar-refractivity contribution is -0.141. The molecule has 1 N–H and O–H groups in total. The molecule has 1 aromatic carbocycles. The molecule has 0 amide bonds. The van der Waals surface area contributed by atoms with Gasteiger partial charge in [-0.2, -0.15) is 18.3 Å². The van der Waals surface area contributed by atoms with Crippen LogP contribution >= 0.6 is 23.2 Å². The van der Waals surface area contributed by atoms with Crippen LogP contribution in [0.2, 0.25) is 10.0 Å².